The van der Waals surface area contributed by atoms with Crippen LogP contribution in [0.2, 0.25) is 0 Å². The Balaban J connectivity index is 1.76. The quantitative estimate of drug-likeness (QED) is 0.636. The van der Waals surface area contributed by atoms with Crippen LogP contribution in [0.3, 0.4) is 0 Å². The maximum Gasteiger partial charge on any atom is 0.287 e. The van der Waals surface area contributed by atoms with E-state index in [4.69, 9.17) is 5.73 Å². The normalized spacial score (nSPS) is 29.0. The maximum atomic E-state index is 13.2. The zero-order valence-electron chi connectivity index (χ0n) is 17.6. The second-order valence-electron chi connectivity index (χ2n) is 10.7. The minimum Gasteiger partial charge on any atom is -0.363 e. The van der Waals surface area contributed by atoms with Crippen molar-refractivity contribution in [2.45, 2.75) is 72.4 Å². The predicted molar refractivity (Wildman–Crippen MR) is 104 cm³/mol. The first-order chi connectivity index (χ1) is 12.8. The third-order valence-corrected chi connectivity index (χ3v) is 6.62. The molecule has 156 valence electrons. The molecule has 2 saturated carbocycles. The smallest absolute Gasteiger partial charge is 0.287 e. The van der Waals surface area contributed by atoms with Crippen LogP contribution in [-0.2, 0) is 19.2 Å². The van der Waals surface area contributed by atoms with E-state index < -0.39 is 23.8 Å². The van der Waals surface area contributed by atoms with Crippen LogP contribution < -0.4 is 11.1 Å². The SMILES string of the molecule is CC(C)(C)CC(=O)N1CC2[C@@H]([C@H]1C(=O)NC(CC1CC1)C(=O)C(N)=O)C2(C)C. The number of piperidine rings is 1. The summed E-state index contributed by atoms with van der Waals surface area (Å²) in [5, 5.41) is 2.77. The van der Waals surface area contributed by atoms with E-state index in [9.17, 15) is 19.2 Å². The van der Waals surface area contributed by atoms with Gasteiger partial charge in [0.15, 0.2) is 0 Å². The van der Waals surface area contributed by atoms with Gasteiger partial charge in [0.1, 0.15) is 6.04 Å². The Hall–Kier alpha value is -1.92. The fourth-order valence-corrected chi connectivity index (χ4v) is 4.75. The van der Waals surface area contributed by atoms with Gasteiger partial charge in [-0.3, -0.25) is 19.2 Å². The van der Waals surface area contributed by atoms with Crippen molar-refractivity contribution < 1.29 is 19.2 Å². The van der Waals surface area contributed by atoms with Crippen LogP contribution in [0.4, 0.5) is 0 Å². The number of Topliss-reactive ketones (excluding diaryl/α,β-unsaturated/α-hetero) is 1. The lowest BCUT2D eigenvalue weighted by atomic mass is 9.90. The minimum absolute atomic E-state index is 0.000202. The van der Waals surface area contributed by atoms with E-state index in [-0.39, 0.29) is 28.6 Å². The number of rotatable bonds is 7. The van der Waals surface area contributed by atoms with Crippen molar-refractivity contribution >= 4 is 23.5 Å². The lowest BCUT2D eigenvalue weighted by Gasteiger charge is -2.33. The summed E-state index contributed by atoms with van der Waals surface area (Å²) in [5.74, 6) is -1.42. The number of likely N-dealkylation sites (tertiary alicyclic amines) is 1. The van der Waals surface area contributed by atoms with Gasteiger partial charge in [0.2, 0.25) is 17.6 Å². The van der Waals surface area contributed by atoms with Crippen LogP contribution in [0.25, 0.3) is 0 Å². The van der Waals surface area contributed by atoms with Gasteiger partial charge in [-0.2, -0.15) is 0 Å². The number of nitrogens with zero attached hydrogens (tertiary/aromatic N) is 1. The second-order valence-corrected chi connectivity index (χ2v) is 10.7. The van der Waals surface area contributed by atoms with Gasteiger partial charge in [0.05, 0.1) is 6.04 Å². The number of ketones is 1. The Bertz CT molecular complexity index is 705. The van der Waals surface area contributed by atoms with Crippen LogP contribution in [0.5, 0.6) is 0 Å². The lowest BCUT2D eigenvalue weighted by molar-refractivity contribution is -0.143. The van der Waals surface area contributed by atoms with E-state index in [1.54, 1.807) is 4.90 Å². The molecule has 0 spiro atoms. The summed E-state index contributed by atoms with van der Waals surface area (Å²) in [6.07, 6.45) is 2.79. The average Bonchev–Trinajstić information content (AvgIpc) is 3.39. The largest absolute Gasteiger partial charge is 0.363 e. The van der Waals surface area contributed by atoms with Crippen LogP contribution in [0.1, 0.15) is 60.3 Å². The fourth-order valence-electron chi connectivity index (χ4n) is 4.75. The zero-order chi connectivity index (χ0) is 21.0. The molecule has 0 bridgehead atoms. The number of fused-ring (bicyclic) bond motifs is 1. The molecular weight excluding hydrogens is 358 g/mol. The molecule has 3 N–H and O–H groups in total. The molecule has 0 aromatic rings. The molecule has 28 heavy (non-hydrogen) atoms. The molecule has 0 radical (unpaired) electrons. The molecule has 7 heteroatoms. The molecule has 3 aliphatic rings. The topological polar surface area (TPSA) is 110 Å². The molecule has 1 heterocycles. The predicted octanol–water partition coefficient (Wildman–Crippen LogP) is 1.24. The standard InChI is InChI=1S/C21H33N3O4/c1-20(2,3)9-14(25)24-10-12-15(21(12,4)5)16(24)19(28)23-13(8-11-6-7-11)17(26)18(22)27/h11-13,15-16H,6-10H2,1-5H3,(H2,22,27)(H,23,28)/t12?,13?,15-,16-/m0/s1. The summed E-state index contributed by atoms with van der Waals surface area (Å²) >= 11 is 0. The second kappa shape index (κ2) is 6.85. The molecule has 2 unspecified atom stereocenters. The van der Waals surface area contributed by atoms with Gasteiger partial charge in [-0.25, -0.2) is 0 Å². The molecule has 3 amide bonds. The molecule has 1 aliphatic heterocycles. The Kier molecular flexibility index (Phi) is 5.09. The molecular formula is C21H33N3O4. The summed E-state index contributed by atoms with van der Waals surface area (Å²) in [4.78, 5) is 51.4. The van der Waals surface area contributed by atoms with Gasteiger partial charge < -0.3 is 16.0 Å². The number of nitrogens with two attached hydrogens (primary N) is 1. The number of carbonyl (C=O) groups excluding carboxylic acids is 4. The highest BCUT2D eigenvalue weighted by Gasteiger charge is 2.69. The van der Waals surface area contributed by atoms with E-state index in [2.05, 4.69) is 19.2 Å². The first-order valence-electron chi connectivity index (χ1n) is 10.3. The van der Waals surface area contributed by atoms with Gasteiger partial charge in [0, 0.05) is 13.0 Å². The van der Waals surface area contributed by atoms with Crippen molar-refractivity contribution in [1.29, 1.82) is 0 Å². The van der Waals surface area contributed by atoms with Crippen molar-refractivity contribution in [2.75, 3.05) is 6.54 Å². The van der Waals surface area contributed by atoms with E-state index in [0.717, 1.165) is 12.8 Å². The molecule has 3 fully saturated rings. The van der Waals surface area contributed by atoms with Crippen LogP contribution in [-0.4, -0.2) is 47.0 Å². The summed E-state index contributed by atoms with van der Waals surface area (Å²) in [6, 6.07) is -1.48. The minimum atomic E-state index is -1.03. The zero-order valence-corrected chi connectivity index (χ0v) is 17.6. The van der Waals surface area contributed by atoms with Crippen LogP contribution in [0, 0.1) is 28.6 Å². The molecule has 4 atom stereocenters. The number of hydrogen-bond acceptors (Lipinski definition) is 4. The Morgan fingerprint density at radius 1 is 1.18 bits per heavy atom. The highest BCUT2D eigenvalue weighted by molar-refractivity contribution is 6.37. The van der Waals surface area contributed by atoms with E-state index in [0.29, 0.717) is 31.2 Å². The third kappa shape index (κ3) is 4.08. The highest BCUT2D eigenvalue weighted by Crippen LogP contribution is 2.65. The summed E-state index contributed by atoms with van der Waals surface area (Å²) < 4.78 is 0. The summed E-state index contributed by atoms with van der Waals surface area (Å²) in [7, 11) is 0. The molecule has 0 aromatic carbocycles. The van der Waals surface area contributed by atoms with E-state index in [1.165, 1.54) is 0 Å². The first-order valence-corrected chi connectivity index (χ1v) is 10.3. The monoisotopic (exact) mass is 391 g/mol. The van der Waals surface area contributed by atoms with Crippen molar-refractivity contribution in [1.82, 2.24) is 10.2 Å². The van der Waals surface area contributed by atoms with Gasteiger partial charge in [-0.15, -0.1) is 0 Å². The molecule has 0 aromatic heterocycles. The number of amides is 3. The van der Waals surface area contributed by atoms with Crippen molar-refractivity contribution in [3.05, 3.63) is 0 Å². The molecule has 7 nitrogen and oxygen atoms in total. The number of nitrogens with one attached hydrogen (secondary N) is 1. The average molecular weight is 392 g/mol. The van der Waals surface area contributed by atoms with Gasteiger partial charge >= 0.3 is 0 Å². The Morgan fingerprint density at radius 3 is 2.29 bits per heavy atom. The Morgan fingerprint density at radius 2 is 1.79 bits per heavy atom. The summed E-state index contributed by atoms with van der Waals surface area (Å²) in [6.45, 7) is 10.8. The molecule has 2 aliphatic carbocycles. The van der Waals surface area contributed by atoms with Gasteiger partial charge in [-0.05, 0) is 35.0 Å². The number of primary amides is 1. The van der Waals surface area contributed by atoms with E-state index in [1.807, 2.05) is 20.8 Å². The van der Waals surface area contributed by atoms with E-state index >= 15 is 0 Å². The number of carbonyl (C=O) groups is 4. The first kappa shape index (κ1) is 20.8. The van der Waals surface area contributed by atoms with Gasteiger partial charge in [-0.1, -0.05) is 47.5 Å². The maximum absolute atomic E-state index is 13.2. The fraction of sp³-hybridized carbons (Fsp3) is 0.810. The van der Waals surface area contributed by atoms with Gasteiger partial charge in [0.25, 0.3) is 5.91 Å². The third-order valence-electron chi connectivity index (χ3n) is 6.62. The van der Waals surface area contributed by atoms with Crippen molar-refractivity contribution in [3.8, 4) is 0 Å². The van der Waals surface area contributed by atoms with Crippen molar-refractivity contribution in [2.24, 2.45) is 34.3 Å². The Labute approximate surface area is 166 Å². The molecule has 1 saturated heterocycles. The number of hydrogen-bond donors (Lipinski definition) is 2. The molecule has 3 rings (SSSR count). The lowest BCUT2D eigenvalue weighted by Crippen LogP contribution is -2.55. The summed E-state index contributed by atoms with van der Waals surface area (Å²) in [5.41, 5.74) is 5.01. The van der Waals surface area contributed by atoms with Crippen LogP contribution >= 0.6 is 0 Å². The highest BCUT2D eigenvalue weighted by atomic mass is 16.2. The van der Waals surface area contributed by atoms with Crippen LogP contribution in [0.15, 0.2) is 0 Å². The van der Waals surface area contributed by atoms with Crippen molar-refractivity contribution in [3.63, 3.8) is 0 Å².